The molecule has 0 radical (unpaired) electrons. The van der Waals surface area contributed by atoms with E-state index in [1.54, 1.807) is 6.08 Å². The van der Waals surface area contributed by atoms with Crippen molar-refractivity contribution in [2.24, 2.45) is 0 Å². The van der Waals surface area contributed by atoms with Gasteiger partial charge in [0.15, 0.2) is 0 Å². The van der Waals surface area contributed by atoms with E-state index in [0.29, 0.717) is 6.42 Å². The number of allylic oxidation sites excluding steroid dienone is 5. The minimum atomic E-state index is -0.860. The Bertz CT molecular complexity index is 836. The fourth-order valence-corrected chi connectivity index (χ4v) is 7.54. The van der Waals surface area contributed by atoms with Crippen LogP contribution in [-0.2, 0) is 4.79 Å². The van der Waals surface area contributed by atoms with Gasteiger partial charge in [-0.2, -0.15) is 0 Å². The van der Waals surface area contributed by atoms with E-state index in [1.807, 2.05) is 6.08 Å². The average Bonchev–Trinajstić information content (AvgIpc) is 3.19. The summed E-state index contributed by atoms with van der Waals surface area (Å²) in [6, 6.07) is -0.637. The first-order valence-corrected chi connectivity index (χ1v) is 24.7. The zero-order valence-electron chi connectivity index (χ0n) is 37.2. The summed E-state index contributed by atoms with van der Waals surface area (Å²) in [6.45, 7) is 4.30. The number of rotatable bonds is 45. The monoisotopic (exact) mass is 772 g/mol. The maximum atomic E-state index is 12.4. The predicted molar refractivity (Wildman–Crippen MR) is 244 cm³/mol. The minimum Gasteiger partial charge on any atom is -0.394 e. The summed E-state index contributed by atoms with van der Waals surface area (Å²) in [5.74, 6) is -0.0723. The molecule has 2 unspecified atom stereocenters. The van der Waals surface area contributed by atoms with Crippen LogP contribution in [0.2, 0.25) is 0 Å². The molecule has 0 aromatic carbocycles. The number of unbranched alkanes of at least 4 members (excludes halogenated alkanes) is 34. The summed E-state index contributed by atoms with van der Waals surface area (Å²) >= 11 is 0. The van der Waals surface area contributed by atoms with Crippen LogP contribution in [0.3, 0.4) is 0 Å². The molecule has 0 aromatic heterocycles. The lowest BCUT2D eigenvalue weighted by atomic mass is 10.0. The first-order chi connectivity index (χ1) is 27.2. The third-order valence-corrected chi connectivity index (χ3v) is 11.3. The molecule has 4 heteroatoms. The lowest BCUT2D eigenvalue weighted by molar-refractivity contribution is -0.123. The quantitative estimate of drug-likeness (QED) is 0.0426. The molecule has 0 aliphatic carbocycles. The van der Waals surface area contributed by atoms with Crippen LogP contribution in [0.1, 0.15) is 264 Å². The highest BCUT2D eigenvalue weighted by Gasteiger charge is 2.17. The van der Waals surface area contributed by atoms with Crippen molar-refractivity contribution in [3.63, 3.8) is 0 Å². The molecule has 0 saturated heterocycles. The number of aliphatic hydroxyl groups excluding tert-OH is 2. The second-order valence-electron chi connectivity index (χ2n) is 16.9. The van der Waals surface area contributed by atoms with E-state index in [0.717, 1.165) is 32.1 Å². The van der Waals surface area contributed by atoms with Crippen molar-refractivity contribution in [2.75, 3.05) is 6.61 Å². The molecule has 55 heavy (non-hydrogen) atoms. The molecule has 0 aliphatic rings. The van der Waals surface area contributed by atoms with Gasteiger partial charge in [-0.1, -0.05) is 237 Å². The van der Waals surface area contributed by atoms with Gasteiger partial charge in [-0.05, 0) is 57.8 Å². The zero-order valence-corrected chi connectivity index (χ0v) is 37.2. The molecule has 1 amide bonds. The number of amides is 1. The Morgan fingerprint density at radius 2 is 0.709 bits per heavy atom. The van der Waals surface area contributed by atoms with Crippen molar-refractivity contribution < 1.29 is 15.0 Å². The van der Waals surface area contributed by atoms with Crippen molar-refractivity contribution in [2.45, 2.75) is 276 Å². The molecule has 4 nitrogen and oxygen atoms in total. The molecule has 3 N–H and O–H groups in total. The van der Waals surface area contributed by atoms with Crippen LogP contribution in [-0.4, -0.2) is 34.9 Å². The minimum absolute atomic E-state index is 0.0723. The number of nitrogens with one attached hydrogen (secondary N) is 1. The van der Waals surface area contributed by atoms with Crippen LogP contribution >= 0.6 is 0 Å². The maximum absolute atomic E-state index is 12.4. The molecule has 2 atom stereocenters. The van der Waals surface area contributed by atoms with Gasteiger partial charge in [-0.15, -0.1) is 0 Å². The van der Waals surface area contributed by atoms with Crippen molar-refractivity contribution in [1.29, 1.82) is 0 Å². The molecule has 0 aliphatic heterocycles. The van der Waals surface area contributed by atoms with E-state index in [-0.39, 0.29) is 12.5 Å². The topological polar surface area (TPSA) is 69.6 Å². The van der Waals surface area contributed by atoms with Crippen LogP contribution in [0, 0.1) is 0 Å². The molecule has 0 rings (SSSR count). The number of carbonyl (C=O) groups is 1. The standard InChI is InChI=1S/C51H97NO3/c1-3-5-7-9-11-13-15-17-19-20-21-22-23-24-25-26-27-28-29-30-31-32-33-35-37-39-41-43-45-47-51(55)52-49(48-53)50(54)46-44-42-40-38-36-34-18-16-14-12-10-8-6-4-2/h24-25,36,38,44,46,49-50,53-54H,3-23,26-35,37,39-43,45,47-48H2,1-2H3,(H,52,55)/b25-24-,38-36+,46-44+. The van der Waals surface area contributed by atoms with Gasteiger partial charge < -0.3 is 15.5 Å². The van der Waals surface area contributed by atoms with Gasteiger partial charge in [0, 0.05) is 6.42 Å². The first kappa shape index (κ1) is 53.6. The van der Waals surface area contributed by atoms with Crippen molar-refractivity contribution >= 4 is 5.91 Å². The summed E-state index contributed by atoms with van der Waals surface area (Å²) in [4.78, 5) is 12.4. The van der Waals surface area contributed by atoms with E-state index in [4.69, 9.17) is 0 Å². The van der Waals surface area contributed by atoms with Crippen LogP contribution in [0.4, 0.5) is 0 Å². The molecular weight excluding hydrogens is 675 g/mol. The predicted octanol–water partition coefficient (Wildman–Crippen LogP) is 15.7. The Hall–Kier alpha value is -1.39. The molecule has 0 saturated carbocycles. The fraction of sp³-hybridized carbons (Fsp3) is 0.863. The lowest BCUT2D eigenvalue weighted by Gasteiger charge is -2.19. The Morgan fingerprint density at radius 1 is 0.418 bits per heavy atom. The first-order valence-electron chi connectivity index (χ1n) is 24.7. The van der Waals surface area contributed by atoms with Gasteiger partial charge in [-0.25, -0.2) is 0 Å². The third kappa shape index (κ3) is 43.6. The molecule has 324 valence electrons. The molecular formula is C51H97NO3. The van der Waals surface area contributed by atoms with Gasteiger partial charge in [0.2, 0.25) is 5.91 Å². The van der Waals surface area contributed by atoms with Gasteiger partial charge in [0.25, 0.3) is 0 Å². The summed E-state index contributed by atoms with van der Waals surface area (Å²) in [6.07, 6.45) is 62.8. The second-order valence-corrected chi connectivity index (χ2v) is 16.9. The van der Waals surface area contributed by atoms with Crippen molar-refractivity contribution in [3.05, 3.63) is 36.5 Å². The summed E-state index contributed by atoms with van der Waals surface area (Å²) in [5, 5.41) is 23.0. The van der Waals surface area contributed by atoms with Gasteiger partial charge >= 0.3 is 0 Å². The Balaban J connectivity index is 3.49. The number of carbonyl (C=O) groups excluding carboxylic acids is 1. The second kappa shape index (κ2) is 47.0. The van der Waals surface area contributed by atoms with Crippen LogP contribution in [0.5, 0.6) is 0 Å². The molecule has 0 heterocycles. The number of hydrogen-bond acceptors (Lipinski definition) is 3. The van der Waals surface area contributed by atoms with Crippen molar-refractivity contribution in [3.8, 4) is 0 Å². The van der Waals surface area contributed by atoms with Crippen molar-refractivity contribution in [1.82, 2.24) is 5.32 Å². The Morgan fingerprint density at radius 3 is 1.05 bits per heavy atom. The van der Waals surface area contributed by atoms with E-state index in [9.17, 15) is 15.0 Å². The van der Waals surface area contributed by atoms with E-state index in [2.05, 4.69) is 43.5 Å². The molecule has 0 aromatic rings. The lowest BCUT2D eigenvalue weighted by Crippen LogP contribution is -2.45. The zero-order chi connectivity index (χ0) is 40.0. The molecule has 0 bridgehead atoms. The Labute approximate surface area is 344 Å². The average molecular weight is 772 g/mol. The van der Waals surface area contributed by atoms with Gasteiger partial charge in [0.1, 0.15) is 0 Å². The van der Waals surface area contributed by atoms with Gasteiger partial charge in [-0.3, -0.25) is 4.79 Å². The normalized spacial score (nSPS) is 13.2. The van der Waals surface area contributed by atoms with E-state index in [1.165, 1.54) is 212 Å². The number of hydrogen-bond donors (Lipinski definition) is 3. The maximum Gasteiger partial charge on any atom is 0.220 e. The SMILES string of the molecule is CCCCCCCCCC/C=C/CC/C=C/C(O)C(CO)NC(=O)CCCCCCCCCCCCCCC/C=C\CCCCCCCCCCCCCC. The molecule has 0 spiro atoms. The summed E-state index contributed by atoms with van der Waals surface area (Å²) in [5.41, 5.74) is 0. The highest BCUT2D eigenvalue weighted by atomic mass is 16.3. The van der Waals surface area contributed by atoms with Gasteiger partial charge in [0.05, 0.1) is 18.8 Å². The third-order valence-electron chi connectivity index (χ3n) is 11.3. The van der Waals surface area contributed by atoms with Crippen LogP contribution in [0.15, 0.2) is 36.5 Å². The van der Waals surface area contributed by atoms with Crippen LogP contribution < -0.4 is 5.32 Å². The highest BCUT2D eigenvalue weighted by Crippen LogP contribution is 2.16. The largest absolute Gasteiger partial charge is 0.394 e. The fourth-order valence-electron chi connectivity index (χ4n) is 7.54. The summed E-state index contributed by atoms with van der Waals surface area (Å²) in [7, 11) is 0. The van der Waals surface area contributed by atoms with E-state index < -0.39 is 12.1 Å². The van der Waals surface area contributed by atoms with E-state index >= 15 is 0 Å². The highest BCUT2D eigenvalue weighted by molar-refractivity contribution is 5.76. The molecule has 0 fully saturated rings. The van der Waals surface area contributed by atoms with Crippen LogP contribution in [0.25, 0.3) is 0 Å². The Kier molecular flexibility index (Phi) is 45.8. The summed E-state index contributed by atoms with van der Waals surface area (Å²) < 4.78 is 0. The number of aliphatic hydroxyl groups is 2. The smallest absolute Gasteiger partial charge is 0.220 e.